The monoisotopic (exact) mass is 690 g/mol. The molecule has 2 aliphatic rings. The van der Waals surface area contributed by atoms with Gasteiger partial charge in [-0.3, -0.25) is 0 Å². The highest BCUT2D eigenvalue weighted by Gasteiger charge is 2.61. The second kappa shape index (κ2) is 7.29. The number of hydrogen-bond acceptors (Lipinski definition) is 2. The van der Waals surface area contributed by atoms with Gasteiger partial charge in [0.2, 0.25) is 0 Å². The van der Waals surface area contributed by atoms with Crippen molar-refractivity contribution >= 4 is 95.6 Å². The van der Waals surface area contributed by atoms with Gasteiger partial charge in [-0.1, -0.05) is 102 Å². The summed E-state index contributed by atoms with van der Waals surface area (Å²) in [6.45, 7) is 0. The fourth-order valence-corrected chi connectivity index (χ4v) is 7.29. The second-order valence-electron chi connectivity index (χ2n) is 5.66. The number of alkyl halides is 6. The Morgan fingerprint density at radius 2 is 1.32 bits per heavy atom. The summed E-state index contributed by atoms with van der Waals surface area (Å²) < 4.78 is -2.00. The first-order chi connectivity index (χ1) is 10.0. The normalized spacial score (nSPS) is 28.3. The summed E-state index contributed by atoms with van der Waals surface area (Å²) in [5.74, 6) is 0.677. The van der Waals surface area contributed by atoms with Gasteiger partial charge < -0.3 is 10.2 Å². The minimum absolute atomic E-state index is 0.293. The molecule has 0 aliphatic heterocycles. The predicted octanol–water partition coefficient (Wildman–Crippen LogP) is 7.83. The molecule has 2 rings (SSSR count). The second-order valence-corrected chi connectivity index (χ2v) is 16.3. The Bertz CT molecular complexity index is 521. The molecule has 0 atom stereocenters. The zero-order chi connectivity index (χ0) is 16.8. The molecule has 2 aliphatic carbocycles. The van der Waals surface area contributed by atoms with E-state index in [0.29, 0.717) is 36.4 Å². The lowest BCUT2D eigenvalue weighted by Crippen LogP contribution is -2.48. The first-order valence-corrected chi connectivity index (χ1v) is 11.8. The highest BCUT2D eigenvalue weighted by Crippen LogP contribution is 2.67. The van der Waals surface area contributed by atoms with E-state index in [1.165, 1.54) is 0 Å². The maximum Gasteiger partial charge on any atom is 0.136 e. The Labute approximate surface area is 181 Å². The van der Waals surface area contributed by atoms with Crippen LogP contribution in [0.15, 0.2) is 22.7 Å². The van der Waals surface area contributed by atoms with E-state index < -0.39 is 9.70 Å². The summed E-state index contributed by atoms with van der Waals surface area (Å²) in [4.78, 5) is 0. The van der Waals surface area contributed by atoms with Crippen LogP contribution in [0.2, 0.25) is 0 Å². The van der Waals surface area contributed by atoms with Gasteiger partial charge in [-0.25, -0.2) is 0 Å². The molecule has 0 aromatic carbocycles. The van der Waals surface area contributed by atoms with E-state index in [0.717, 1.165) is 31.3 Å². The van der Waals surface area contributed by atoms with Crippen LogP contribution in [0, 0.1) is 0 Å². The Morgan fingerprint density at radius 1 is 0.727 bits per heavy atom. The van der Waals surface area contributed by atoms with Gasteiger partial charge in [-0.2, -0.15) is 0 Å². The van der Waals surface area contributed by atoms with Crippen LogP contribution in [0.4, 0.5) is 0 Å². The molecular formula is C14H16Br6O2. The van der Waals surface area contributed by atoms with E-state index in [9.17, 15) is 10.2 Å². The zero-order valence-corrected chi connectivity index (χ0v) is 21.1. The van der Waals surface area contributed by atoms with Gasteiger partial charge >= 0.3 is 0 Å². The Kier molecular flexibility index (Phi) is 6.72. The summed E-state index contributed by atoms with van der Waals surface area (Å²) in [6, 6.07) is 0. The highest BCUT2D eigenvalue weighted by molar-refractivity contribution is 9.33. The third-order valence-corrected chi connectivity index (χ3v) is 14.9. The summed E-state index contributed by atoms with van der Waals surface area (Å²) in [5, 5.41) is 21.2. The number of aliphatic hydroxyl groups is 2. The van der Waals surface area contributed by atoms with Crippen LogP contribution in [0.3, 0.4) is 0 Å². The molecule has 0 aromatic heterocycles. The van der Waals surface area contributed by atoms with Crippen molar-refractivity contribution in [2.24, 2.45) is 0 Å². The van der Waals surface area contributed by atoms with Crippen LogP contribution in [0.5, 0.6) is 0 Å². The van der Waals surface area contributed by atoms with E-state index in [1.54, 1.807) is 0 Å². The smallest absolute Gasteiger partial charge is 0.136 e. The molecule has 0 fully saturated rings. The highest BCUT2D eigenvalue weighted by atomic mass is 79.9. The van der Waals surface area contributed by atoms with E-state index in [-0.39, 0.29) is 0 Å². The molecule has 0 aromatic rings. The molecule has 0 radical (unpaired) electrons. The summed E-state index contributed by atoms with van der Waals surface area (Å²) in [7, 11) is 0. The quantitative estimate of drug-likeness (QED) is 0.275. The average molecular weight is 696 g/mol. The lowest BCUT2D eigenvalue weighted by Gasteiger charge is -2.43. The number of aliphatic hydroxyl groups excluding tert-OH is 2. The van der Waals surface area contributed by atoms with Crippen LogP contribution in [-0.2, 0) is 0 Å². The van der Waals surface area contributed by atoms with Crippen molar-refractivity contribution in [1.29, 1.82) is 0 Å². The lowest BCUT2D eigenvalue weighted by molar-refractivity contribution is 0.368. The average Bonchev–Trinajstić information content (AvgIpc) is 2.63. The molecule has 0 saturated carbocycles. The molecular weight excluding hydrogens is 680 g/mol. The van der Waals surface area contributed by atoms with E-state index in [4.69, 9.17) is 0 Å². The maximum atomic E-state index is 10.7. The molecule has 22 heavy (non-hydrogen) atoms. The fraction of sp³-hybridized carbons (Fsp3) is 0.714. The van der Waals surface area contributed by atoms with Crippen molar-refractivity contribution < 1.29 is 10.2 Å². The standard InChI is InChI=1S/C14H16Br6O2/c15-12(16)7-6-10(22)11(13(17,18)14(12,19)20)8-4-2-1-3-5-9(8)21/h21-22H,1-7H2. The molecule has 0 heterocycles. The molecule has 126 valence electrons. The summed E-state index contributed by atoms with van der Waals surface area (Å²) >= 11 is 22.3. The van der Waals surface area contributed by atoms with E-state index in [2.05, 4.69) is 95.6 Å². The number of rotatable bonds is 1. The van der Waals surface area contributed by atoms with Crippen molar-refractivity contribution in [3.05, 3.63) is 22.7 Å². The maximum absolute atomic E-state index is 10.7. The van der Waals surface area contributed by atoms with E-state index in [1.807, 2.05) is 0 Å². The number of hydrogen-bond donors (Lipinski definition) is 2. The molecule has 2 nitrogen and oxygen atoms in total. The van der Waals surface area contributed by atoms with Crippen molar-refractivity contribution in [1.82, 2.24) is 0 Å². The third-order valence-electron chi connectivity index (χ3n) is 4.12. The molecule has 0 unspecified atom stereocenters. The van der Waals surface area contributed by atoms with Crippen LogP contribution < -0.4 is 0 Å². The largest absolute Gasteiger partial charge is 0.512 e. The van der Waals surface area contributed by atoms with Gasteiger partial charge in [0.25, 0.3) is 0 Å². The number of allylic oxidation sites excluding steroid dienone is 4. The van der Waals surface area contributed by atoms with Gasteiger partial charge in [-0.05, 0) is 31.3 Å². The third kappa shape index (κ3) is 3.57. The SMILES string of the molecule is OC1=C(C2=C(O)CCC(Br)(Br)C(Br)(Br)C2(Br)Br)CCCCC1. The van der Waals surface area contributed by atoms with E-state index >= 15 is 0 Å². The van der Waals surface area contributed by atoms with Crippen LogP contribution in [0.25, 0.3) is 0 Å². The molecule has 0 amide bonds. The van der Waals surface area contributed by atoms with Crippen molar-refractivity contribution in [2.45, 2.75) is 54.6 Å². The minimum Gasteiger partial charge on any atom is -0.512 e. The van der Waals surface area contributed by atoms with Crippen molar-refractivity contribution in [2.75, 3.05) is 0 Å². The molecule has 2 N–H and O–H groups in total. The van der Waals surface area contributed by atoms with Crippen molar-refractivity contribution in [3.63, 3.8) is 0 Å². The molecule has 0 spiro atoms. The molecule has 0 saturated heterocycles. The zero-order valence-electron chi connectivity index (χ0n) is 11.6. The number of halogens is 6. The van der Waals surface area contributed by atoms with Gasteiger partial charge in [0.05, 0.1) is 11.5 Å². The van der Waals surface area contributed by atoms with Crippen LogP contribution >= 0.6 is 95.6 Å². The summed E-state index contributed by atoms with van der Waals surface area (Å²) in [6.07, 6.45) is 5.67. The molecule has 8 heteroatoms. The molecule has 0 bridgehead atoms. The van der Waals surface area contributed by atoms with Crippen molar-refractivity contribution in [3.8, 4) is 0 Å². The first kappa shape index (κ1) is 20.3. The van der Waals surface area contributed by atoms with Gasteiger partial charge in [0.1, 0.15) is 9.70 Å². The Hall–Kier alpha value is 1.96. The van der Waals surface area contributed by atoms with Gasteiger partial charge in [0.15, 0.2) is 0 Å². The van der Waals surface area contributed by atoms with Crippen LogP contribution in [-0.4, -0.2) is 19.9 Å². The van der Waals surface area contributed by atoms with Gasteiger partial charge in [-0.15, -0.1) is 0 Å². The van der Waals surface area contributed by atoms with Crippen LogP contribution in [0.1, 0.15) is 44.9 Å². The fourth-order valence-electron chi connectivity index (χ4n) is 2.82. The predicted molar refractivity (Wildman–Crippen MR) is 113 cm³/mol. The summed E-state index contributed by atoms with van der Waals surface area (Å²) in [5.41, 5.74) is 1.55. The van der Waals surface area contributed by atoms with Gasteiger partial charge in [0, 0.05) is 18.4 Å². The topological polar surface area (TPSA) is 40.5 Å². The Morgan fingerprint density at radius 3 is 1.95 bits per heavy atom. The first-order valence-electron chi connectivity index (χ1n) is 7.00. The lowest BCUT2D eigenvalue weighted by atomic mass is 9.95. The minimum atomic E-state index is -0.811. The Balaban J connectivity index is 2.62.